The van der Waals surface area contributed by atoms with Crippen LogP contribution in [0.4, 0.5) is 4.79 Å². The maximum absolute atomic E-state index is 13.7. The number of nitrogens with zero attached hydrogens (tertiary/aromatic N) is 1. The van der Waals surface area contributed by atoms with Gasteiger partial charge in [-0.25, -0.2) is 0 Å². The molecule has 0 bridgehead atoms. The smallest absolute Gasteiger partial charge is 0.496 e. The van der Waals surface area contributed by atoms with E-state index >= 15 is 0 Å². The van der Waals surface area contributed by atoms with E-state index in [0.717, 1.165) is 18.6 Å². The second-order valence-electron chi connectivity index (χ2n) is 12.8. The van der Waals surface area contributed by atoms with Crippen molar-refractivity contribution in [3.8, 4) is 5.75 Å². The van der Waals surface area contributed by atoms with Crippen molar-refractivity contribution in [1.82, 2.24) is 0 Å². The third kappa shape index (κ3) is 5.67. The van der Waals surface area contributed by atoms with Crippen molar-refractivity contribution in [2.24, 2.45) is 11.8 Å². The van der Waals surface area contributed by atoms with E-state index in [4.69, 9.17) is 9.47 Å². The summed E-state index contributed by atoms with van der Waals surface area (Å²) in [6, 6.07) is 12.6. The molecule has 37 heavy (non-hydrogen) atoms. The first-order valence-corrected chi connectivity index (χ1v) is 16.5. The zero-order chi connectivity index (χ0) is 27.5. The van der Waals surface area contributed by atoms with Crippen molar-refractivity contribution in [3.63, 3.8) is 0 Å². The number of benzene rings is 1. The molecule has 0 radical (unpaired) electrons. The highest BCUT2D eigenvalue weighted by Gasteiger charge is 2.49. The first-order chi connectivity index (χ1) is 17.4. The highest BCUT2D eigenvalue weighted by Crippen LogP contribution is 2.44. The number of ether oxygens (including phenoxy) is 2. The summed E-state index contributed by atoms with van der Waals surface area (Å²) in [4.78, 5) is 13.7. The lowest BCUT2D eigenvalue weighted by Crippen LogP contribution is -2.59. The van der Waals surface area contributed by atoms with Gasteiger partial charge in [-0.05, 0) is 46.4 Å². The van der Waals surface area contributed by atoms with Gasteiger partial charge in [0.1, 0.15) is 19.9 Å². The van der Waals surface area contributed by atoms with Gasteiger partial charge in [0, 0.05) is 17.2 Å². The molecule has 0 aliphatic heterocycles. The van der Waals surface area contributed by atoms with Gasteiger partial charge in [0.05, 0.1) is 7.11 Å². The minimum absolute atomic E-state index is 0.0862. The Labute approximate surface area is 226 Å². The number of hydrogen-bond donors (Lipinski definition) is 0. The Balaban J connectivity index is 1.99. The van der Waals surface area contributed by atoms with Gasteiger partial charge >= 0.3 is 6.09 Å². The first kappa shape index (κ1) is 29.4. The van der Waals surface area contributed by atoms with Crippen LogP contribution < -0.4 is 14.5 Å². The Morgan fingerprint density at radius 2 is 1.57 bits per heavy atom. The van der Waals surface area contributed by atoms with Crippen LogP contribution in [-0.2, 0) is 10.2 Å². The molecule has 0 saturated heterocycles. The zero-order valence-electron chi connectivity index (χ0n) is 24.9. The fraction of sp³-hybridized carbons (Fsp3) is 0.625. The number of pyridine rings is 1. The van der Waals surface area contributed by atoms with Gasteiger partial charge in [0.15, 0.2) is 12.4 Å². The summed E-state index contributed by atoms with van der Waals surface area (Å²) in [6.45, 7) is 20.9. The molecule has 1 fully saturated rings. The molecular formula is C32H50NO3Si+. The molecular weight excluding hydrogens is 474 g/mol. The van der Waals surface area contributed by atoms with Gasteiger partial charge in [0.2, 0.25) is 0 Å². The van der Waals surface area contributed by atoms with Crippen LogP contribution in [0.15, 0.2) is 48.8 Å². The van der Waals surface area contributed by atoms with Gasteiger partial charge in [0.25, 0.3) is 0 Å². The first-order valence-electron chi connectivity index (χ1n) is 14.2. The molecule has 1 aromatic heterocycles. The predicted molar refractivity (Wildman–Crippen MR) is 156 cm³/mol. The van der Waals surface area contributed by atoms with Crippen molar-refractivity contribution < 1.29 is 18.8 Å². The van der Waals surface area contributed by atoms with Gasteiger partial charge in [-0.3, -0.25) is 0 Å². The van der Waals surface area contributed by atoms with Gasteiger partial charge in [-0.15, -0.1) is 0 Å². The number of methoxy groups -OCH3 is 1. The fourth-order valence-corrected chi connectivity index (χ4v) is 14.4. The Bertz CT molecular complexity index is 1030. The molecule has 1 aliphatic carbocycles. The molecule has 3 atom stereocenters. The summed E-state index contributed by atoms with van der Waals surface area (Å²) < 4.78 is 13.9. The maximum atomic E-state index is 13.7. The standard InChI is InChI=1S/C32H50NO3Si/c1-22(2)37(23(3)4,24(5)6)30-21-33(19-18-28(30)35-10)31(34)36-29-20-25(7)16-17-27(29)32(8,9)26-14-12-11-13-15-26/h11-15,18-19,21-25,27,29H,16-17,20H2,1-10H3/q+1/t25-,27-,29-/m1/s1. The average Bonchev–Trinajstić information content (AvgIpc) is 2.84. The molecule has 5 heteroatoms. The summed E-state index contributed by atoms with van der Waals surface area (Å²) in [5.41, 5.74) is 2.73. The molecule has 0 spiro atoms. The summed E-state index contributed by atoms with van der Waals surface area (Å²) in [6.07, 6.45) is 6.58. The summed E-state index contributed by atoms with van der Waals surface area (Å²) in [7, 11) is -0.313. The molecule has 0 N–H and O–H groups in total. The van der Waals surface area contributed by atoms with E-state index in [-0.39, 0.29) is 23.5 Å². The molecule has 2 aromatic rings. The van der Waals surface area contributed by atoms with Crippen LogP contribution in [0, 0.1) is 11.8 Å². The van der Waals surface area contributed by atoms with Crippen LogP contribution in [0.3, 0.4) is 0 Å². The maximum Gasteiger partial charge on any atom is 0.602 e. The van der Waals surface area contributed by atoms with Crippen molar-refractivity contribution in [3.05, 3.63) is 54.4 Å². The highest BCUT2D eigenvalue weighted by molar-refractivity contribution is 6.95. The summed E-state index contributed by atoms with van der Waals surface area (Å²) in [5.74, 6) is 1.70. The molecule has 1 saturated carbocycles. The third-order valence-electron chi connectivity index (χ3n) is 9.43. The van der Waals surface area contributed by atoms with Crippen LogP contribution in [0.2, 0.25) is 16.6 Å². The average molecular weight is 525 g/mol. The van der Waals surface area contributed by atoms with E-state index in [1.807, 2.05) is 18.5 Å². The minimum atomic E-state index is -2.05. The molecule has 4 nitrogen and oxygen atoms in total. The van der Waals surface area contributed by atoms with E-state index in [0.29, 0.717) is 22.5 Å². The van der Waals surface area contributed by atoms with E-state index in [1.165, 1.54) is 17.2 Å². The second kappa shape index (κ2) is 11.7. The van der Waals surface area contributed by atoms with Gasteiger partial charge < -0.3 is 9.47 Å². The van der Waals surface area contributed by atoms with Crippen molar-refractivity contribution in [2.75, 3.05) is 7.11 Å². The van der Waals surface area contributed by atoms with Crippen LogP contribution in [0.5, 0.6) is 5.75 Å². The predicted octanol–water partition coefficient (Wildman–Crippen LogP) is 7.64. The van der Waals surface area contributed by atoms with Crippen LogP contribution in [0.25, 0.3) is 0 Å². The zero-order valence-corrected chi connectivity index (χ0v) is 25.9. The Morgan fingerprint density at radius 3 is 2.11 bits per heavy atom. The number of rotatable bonds is 8. The van der Waals surface area contributed by atoms with Crippen LogP contribution >= 0.6 is 0 Å². The number of aromatic nitrogens is 1. The van der Waals surface area contributed by atoms with E-state index in [1.54, 1.807) is 11.7 Å². The number of hydrogen-bond acceptors (Lipinski definition) is 3. The second-order valence-corrected chi connectivity index (χ2v) is 18.6. The Hall–Kier alpha value is -2.14. The minimum Gasteiger partial charge on any atom is -0.496 e. The largest absolute Gasteiger partial charge is 0.602 e. The fourth-order valence-electron chi connectivity index (χ4n) is 7.59. The molecule has 0 unspecified atom stereocenters. The third-order valence-corrected chi connectivity index (χ3v) is 16.5. The monoisotopic (exact) mass is 524 g/mol. The summed E-state index contributed by atoms with van der Waals surface area (Å²) >= 11 is 0. The Morgan fingerprint density at radius 1 is 0.973 bits per heavy atom. The van der Waals surface area contributed by atoms with E-state index < -0.39 is 8.07 Å². The van der Waals surface area contributed by atoms with E-state index in [2.05, 4.69) is 92.6 Å². The topological polar surface area (TPSA) is 39.4 Å². The normalized spacial score (nSPS) is 20.9. The number of carbonyl (C=O) groups is 1. The Kier molecular flexibility index (Phi) is 9.31. The highest BCUT2D eigenvalue weighted by atomic mass is 28.3. The van der Waals surface area contributed by atoms with Crippen LogP contribution in [0.1, 0.15) is 87.1 Å². The lowest BCUT2D eigenvalue weighted by molar-refractivity contribution is -0.587. The molecule has 0 amide bonds. The molecule has 204 valence electrons. The quantitative estimate of drug-likeness (QED) is 0.263. The molecule has 3 rings (SSSR count). The summed E-state index contributed by atoms with van der Waals surface area (Å²) in [5, 5.41) is 1.22. The van der Waals surface area contributed by atoms with Crippen molar-refractivity contribution in [2.45, 2.75) is 110 Å². The van der Waals surface area contributed by atoms with Crippen molar-refractivity contribution in [1.29, 1.82) is 0 Å². The van der Waals surface area contributed by atoms with Crippen molar-refractivity contribution >= 4 is 19.4 Å². The number of carbonyl (C=O) groups excluding carboxylic acids is 1. The molecule has 1 heterocycles. The molecule has 1 aliphatic rings. The SMILES string of the molecule is COc1cc[n+](C(=O)O[C@@H]2C[C@H](C)CC[C@H]2C(C)(C)c2ccccc2)cc1[Si](C(C)C)(C(C)C)C(C)C. The lowest BCUT2D eigenvalue weighted by atomic mass is 9.64. The van der Waals surface area contributed by atoms with E-state index in [9.17, 15) is 4.79 Å². The lowest BCUT2D eigenvalue weighted by Gasteiger charge is -2.43. The van der Waals surface area contributed by atoms with Gasteiger partial charge in [-0.2, -0.15) is 4.79 Å². The van der Waals surface area contributed by atoms with Gasteiger partial charge in [-0.1, -0.05) is 104 Å². The van der Waals surface area contributed by atoms with Crippen LogP contribution in [-0.4, -0.2) is 27.4 Å². The molecule has 1 aromatic carbocycles.